The summed E-state index contributed by atoms with van der Waals surface area (Å²) >= 11 is 0. The van der Waals surface area contributed by atoms with Crippen LogP contribution >= 0.6 is 0 Å². The minimum Gasteiger partial charge on any atom is -0.473 e. The summed E-state index contributed by atoms with van der Waals surface area (Å²) in [5.74, 6) is 0.671. The molecule has 1 aromatic heterocycles. The number of likely N-dealkylation sites (tertiary alicyclic amines) is 1. The number of carbonyl (C=O) groups excluding carboxylic acids is 1. The van der Waals surface area contributed by atoms with Gasteiger partial charge in [-0.2, -0.15) is 0 Å². The van der Waals surface area contributed by atoms with E-state index in [0.717, 1.165) is 18.7 Å². The van der Waals surface area contributed by atoms with Gasteiger partial charge in [-0.15, -0.1) is 0 Å². The molecule has 2 heterocycles. The predicted octanol–water partition coefficient (Wildman–Crippen LogP) is 1.51. The van der Waals surface area contributed by atoms with Crippen molar-refractivity contribution >= 4 is 11.6 Å². The van der Waals surface area contributed by atoms with Crippen molar-refractivity contribution in [3.05, 3.63) is 18.3 Å². The maximum absolute atomic E-state index is 11.8. The van der Waals surface area contributed by atoms with Gasteiger partial charge < -0.3 is 15.0 Å². The van der Waals surface area contributed by atoms with Gasteiger partial charge >= 0.3 is 0 Å². The van der Waals surface area contributed by atoms with E-state index >= 15 is 0 Å². The Hall–Kier alpha value is -1.78. The third kappa shape index (κ3) is 2.72. The van der Waals surface area contributed by atoms with Crippen LogP contribution in [0, 0.1) is 0 Å². The molecule has 98 valence electrons. The molecule has 1 aliphatic rings. The first kappa shape index (κ1) is 12.7. The highest BCUT2D eigenvalue weighted by atomic mass is 16.5. The van der Waals surface area contributed by atoms with Gasteiger partial charge in [-0.3, -0.25) is 4.79 Å². The number of rotatable bonds is 4. The lowest BCUT2D eigenvalue weighted by atomic mass is 10.2. The molecule has 0 bridgehead atoms. The number of anilines is 1. The number of likely N-dealkylation sites (N-methyl/N-ethyl adjacent to an activating group) is 1. The van der Waals surface area contributed by atoms with E-state index in [9.17, 15) is 4.79 Å². The van der Waals surface area contributed by atoms with Gasteiger partial charge in [0.15, 0.2) is 0 Å². The van der Waals surface area contributed by atoms with Crippen LogP contribution in [0.15, 0.2) is 18.3 Å². The van der Waals surface area contributed by atoms with E-state index in [1.807, 2.05) is 33.0 Å². The van der Waals surface area contributed by atoms with Crippen LogP contribution in [0.3, 0.4) is 0 Å². The molecule has 1 aliphatic heterocycles. The quantitative estimate of drug-likeness (QED) is 0.879. The van der Waals surface area contributed by atoms with E-state index in [1.54, 1.807) is 11.1 Å². The largest absolute Gasteiger partial charge is 0.473 e. The van der Waals surface area contributed by atoms with E-state index in [2.05, 4.69) is 10.3 Å². The van der Waals surface area contributed by atoms with Crippen molar-refractivity contribution < 1.29 is 9.53 Å². The molecule has 0 spiro atoms. The molecule has 5 heteroatoms. The van der Waals surface area contributed by atoms with Gasteiger partial charge in [0.2, 0.25) is 11.8 Å². The summed E-state index contributed by atoms with van der Waals surface area (Å²) in [5, 5.41) is 3.22. The zero-order chi connectivity index (χ0) is 13.1. The van der Waals surface area contributed by atoms with Gasteiger partial charge in [0, 0.05) is 19.8 Å². The average molecular weight is 249 g/mol. The molecule has 0 radical (unpaired) electrons. The van der Waals surface area contributed by atoms with E-state index in [0.29, 0.717) is 5.88 Å². The van der Waals surface area contributed by atoms with Crippen LogP contribution in [0.4, 0.5) is 5.69 Å². The number of ether oxygens (including phenoxy) is 1. The molecule has 1 saturated heterocycles. The summed E-state index contributed by atoms with van der Waals surface area (Å²) in [4.78, 5) is 17.8. The summed E-state index contributed by atoms with van der Waals surface area (Å²) in [6, 6.07) is 3.54. The standard InChI is InChI=1S/C13H19N3O2/c1-9(2)18-12-10(5-4-7-14-12)15-11-6-8-16(3)13(11)17/h4-5,7,9,11,15H,6,8H2,1-3H3. The Morgan fingerprint density at radius 3 is 2.94 bits per heavy atom. The monoisotopic (exact) mass is 249 g/mol. The molecular weight excluding hydrogens is 230 g/mol. The number of nitrogens with one attached hydrogen (secondary N) is 1. The molecule has 1 N–H and O–H groups in total. The van der Waals surface area contributed by atoms with Crippen molar-refractivity contribution in [2.24, 2.45) is 0 Å². The number of nitrogens with zero attached hydrogens (tertiary/aromatic N) is 2. The van der Waals surface area contributed by atoms with Crippen molar-refractivity contribution in [2.45, 2.75) is 32.4 Å². The maximum Gasteiger partial charge on any atom is 0.244 e. The van der Waals surface area contributed by atoms with Crippen molar-refractivity contribution in [2.75, 3.05) is 18.9 Å². The molecule has 1 unspecified atom stereocenters. The molecule has 1 atom stereocenters. The minimum absolute atomic E-state index is 0.0578. The number of hydrogen-bond acceptors (Lipinski definition) is 4. The van der Waals surface area contributed by atoms with E-state index < -0.39 is 0 Å². The topological polar surface area (TPSA) is 54.5 Å². The Kier molecular flexibility index (Phi) is 3.69. The number of hydrogen-bond donors (Lipinski definition) is 1. The third-order valence-corrected chi connectivity index (χ3v) is 2.88. The van der Waals surface area contributed by atoms with Crippen LogP contribution in [0.1, 0.15) is 20.3 Å². The first-order valence-corrected chi connectivity index (χ1v) is 6.21. The second-order valence-corrected chi connectivity index (χ2v) is 4.77. The van der Waals surface area contributed by atoms with Crippen molar-refractivity contribution in [3.8, 4) is 5.88 Å². The Morgan fingerprint density at radius 2 is 2.33 bits per heavy atom. The lowest BCUT2D eigenvalue weighted by Gasteiger charge is -2.17. The first-order valence-electron chi connectivity index (χ1n) is 6.21. The predicted molar refractivity (Wildman–Crippen MR) is 69.7 cm³/mol. The Morgan fingerprint density at radius 1 is 1.56 bits per heavy atom. The van der Waals surface area contributed by atoms with Gasteiger partial charge in [-0.05, 0) is 32.4 Å². The zero-order valence-electron chi connectivity index (χ0n) is 11.0. The van der Waals surface area contributed by atoms with Crippen LogP contribution < -0.4 is 10.1 Å². The van der Waals surface area contributed by atoms with Crippen LogP contribution in [0.5, 0.6) is 5.88 Å². The van der Waals surface area contributed by atoms with Crippen LogP contribution in [-0.4, -0.2) is 41.5 Å². The summed E-state index contributed by atoms with van der Waals surface area (Å²) in [7, 11) is 1.82. The minimum atomic E-state index is -0.172. The Balaban J connectivity index is 2.11. The third-order valence-electron chi connectivity index (χ3n) is 2.88. The number of pyridine rings is 1. The maximum atomic E-state index is 11.8. The average Bonchev–Trinajstić information content (AvgIpc) is 2.63. The Labute approximate surface area is 107 Å². The zero-order valence-corrected chi connectivity index (χ0v) is 11.0. The van der Waals surface area contributed by atoms with Gasteiger partial charge in [-0.25, -0.2) is 4.98 Å². The molecule has 1 amide bonds. The van der Waals surface area contributed by atoms with Gasteiger partial charge in [-0.1, -0.05) is 0 Å². The molecule has 0 saturated carbocycles. The lowest BCUT2D eigenvalue weighted by molar-refractivity contribution is -0.127. The lowest BCUT2D eigenvalue weighted by Crippen LogP contribution is -2.31. The molecule has 2 rings (SSSR count). The molecule has 5 nitrogen and oxygen atoms in total. The molecule has 1 aromatic rings. The fourth-order valence-electron chi connectivity index (χ4n) is 1.96. The van der Waals surface area contributed by atoms with E-state index in [1.165, 1.54) is 0 Å². The molecule has 0 aromatic carbocycles. The van der Waals surface area contributed by atoms with Crippen LogP contribution in [-0.2, 0) is 4.79 Å². The van der Waals surface area contributed by atoms with Crippen molar-refractivity contribution in [1.29, 1.82) is 0 Å². The normalized spacial score (nSPS) is 19.4. The second-order valence-electron chi connectivity index (χ2n) is 4.77. The van der Waals surface area contributed by atoms with Crippen LogP contribution in [0.2, 0.25) is 0 Å². The Bertz CT molecular complexity index is 434. The second kappa shape index (κ2) is 5.25. The highest BCUT2D eigenvalue weighted by Crippen LogP contribution is 2.24. The summed E-state index contributed by atoms with van der Waals surface area (Å²) in [6.07, 6.45) is 2.55. The fraction of sp³-hybridized carbons (Fsp3) is 0.538. The highest BCUT2D eigenvalue weighted by Gasteiger charge is 2.29. The molecule has 1 fully saturated rings. The SMILES string of the molecule is CC(C)Oc1ncccc1NC1CCN(C)C1=O. The molecule has 0 aliphatic carbocycles. The molecule has 18 heavy (non-hydrogen) atoms. The summed E-state index contributed by atoms with van der Waals surface area (Å²) < 4.78 is 5.62. The highest BCUT2D eigenvalue weighted by molar-refractivity contribution is 5.86. The van der Waals surface area contributed by atoms with E-state index in [-0.39, 0.29) is 18.1 Å². The van der Waals surface area contributed by atoms with Gasteiger partial charge in [0.25, 0.3) is 0 Å². The summed E-state index contributed by atoms with van der Waals surface area (Å²) in [6.45, 7) is 4.69. The summed E-state index contributed by atoms with van der Waals surface area (Å²) in [5.41, 5.74) is 0.778. The van der Waals surface area contributed by atoms with Crippen LogP contribution in [0.25, 0.3) is 0 Å². The van der Waals surface area contributed by atoms with Gasteiger partial charge in [0.1, 0.15) is 6.04 Å². The van der Waals surface area contributed by atoms with Gasteiger partial charge in [0.05, 0.1) is 11.8 Å². The number of aromatic nitrogens is 1. The first-order chi connectivity index (χ1) is 8.58. The van der Waals surface area contributed by atoms with E-state index in [4.69, 9.17) is 4.74 Å². The number of carbonyl (C=O) groups is 1. The van der Waals surface area contributed by atoms with Crippen molar-refractivity contribution in [3.63, 3.8) is 0 Å². The smallest absolute Gasteiger partial charge is 0.244 e. The fourth-order valence-corrected chi connectivity index (χ4v) is 1.96. The van der Waals surface area contributed by atoms with Crippen molar-refractivity contribution in [1.82, 2.24) is 9.88 Å². The number of amides is 1. The molecular formula is C13H19N3O2.